The SMILES string of the molecule is N#Cc1cccc(Nc2cnc(C(=O)N3CCOCC3)c3c2C2CCC3C2)c1. The summed E-state index contributed by atoms with van der Waals surface area (Å²) in [6, 6.07) is 9.63. The molecule has 3 aliphatic rings. The van der Waals surface area contributed by atoms with Gasteiger partial charge >= 0.3 is 0 Å². The number of amides is 1. The Morgan fingerprint density at radius 3 is 2.79 bits per heavy atom. The van der Waals surface area contributed by atoms with E-state index < -0.39 is 0 Å². The number of morpholine rings is 1. The van der Waals surface area contributed by atoms with E-state index in [2.05, 4.69) is 16.4 Å². The van der Waals surface area contributed by atoms with E-state index in [4.69, 9.17) is 10.00 Å². The fraction of sp³-hybridized carbons (Fsp3) is 0.409. The first-order chi connectivity index (χ1) is 13.7. The lowest BCUT2D eigenvalue weighted by atomic mass is 9.89. The van der Waals surface area contributed by atoms with E-state index in [0.29, 0.717) is 49.4 Å². The molecule has 2 atom stereocenters. The second-order valence-electron chi connectivity index (χ2n) is 7.78. The molecule has 28 heavy (non-hydrogen) atoms. The van der Waals surface area contributed by atoms with Crippen LogP contribution in [0.25, 0.3) is 0 Å². The smallest absolute Gasteiger partial charge is 0.272 e. The monoisotopic (exact) mass is 374 g/mol. The minimum Gasteiger partial charge on any atom is -0.378 e. The molecule has 2 aliphatic carbocycles. The van der Waals surface area contributed by atoms with Crippen molar-refractivity contribution in [3.05, 3.63) is 52.8 Å². The number of nitriles is 1. The molecule has 1 amide bonds. The molecule has 1 saturated carbocycles. The molecule has 142 valence electrons. The maximum atomic E-state index is 13.1. The minimum absolute atomic E-state index is 0.0325. The highest BCUT2D eigenvalue weighted by Crippen LogP contribution is 2.56. The van der Waals surface area contributed by atoms with Crippen LogP contribution >= 0.6 is 0 Å². The maximum absolute atomic E-state index is 13.1. The molecule has 2 heterocycles. The van der Waals surface area contributed by atoms with E-state index in [0.717, 1.165) is 29.8 Å². The first-order valence-electron chi connectivity index (χ1n) is 9.91. The number of hydrogen-bond acceptors (Lipinski definition) is 5. The van der Waals surface area contributed by atoms with Crippen LogP contribution in [0.3, 0.4) is 0 Å². The van der Waals surface area contributed by atoms with Crippen LogP contribution in [0.4, 0.5) is 11.4 Å². The van der Waals surface area contributed by atoms with Crippen molar-refractivity contribution in [3.8, 4) is 6.07 Å². The van der Waals surface area contributed by atoms with Gasteiger partial charge in [0, 0.05) is 18.8 Å². The van der Waals surface area contributed by atoms with E-state index in [1.54, 1.807) is 12.3 Å². The molecule has 2 fully saturated rings. The highest BCUT2D eigenvalue weighted by atomic mass is 16.5. The van der Waals surface area contributed by atoms with Gasteiger partial charge in [0.1, 0.15) is 5.69 Å². The van der Waals surface area contributed by atoms with Gasteiger partial charge in [0.2, 0.25) is 0 Å². The van der Waals surface area contributed by atoms with Gasteiger partial charge in [-0.25, -0.2) is 4.98 Å². The van der Waals surface area contributed by atoms with Gasteiger partial charge in [-0.2, -0.15) is 5.26 Å². The molecular formula is C22H22N4O2. The molecule has 5 rings (SSSR count). The summed E-state index contributed by atoms with van der Waals surface area (Å²) in [7, 11) is 0. The molecule has 0 radical (unpaired) electrons. The van der Waals surface area contributed by atoms with Crippen LogP contribution in [0, 0.1) is 11.3 Å². The van der Waals surface area contributed by atoms with Crippen LogP contribution in [0.1, 0.15) is 58.3 Å². The average Bonchev–Trinajstić information content (AvgIpc) is 3.37. The third-order valence-corrected chi connectivity index (χ3v) is 6.18. The molecule has 2 unspecified atom stereocenters. The third-order valence-electron chi connectivity index (χ3n) is 6.18. The molecule has 1 aromatic heterocycles. The van der Waals surface area contributed by atoms with Crippen LogP contribution in [-0.2, 0) is 4.74 Å². The Kier molecular flexibility index (Phi) is 4.25. The van der Waals surface area contributed by atoms with Crippen molar-refractivity contribution in [3.63, 3.8) is 0 Å². The molecule has 1 aliphatic heterocycles. The summed E-state index contributed by atoms with van der Waals surface area (Å²) in [5, 5.41) is 12.6. The number of nitrogens with one attached hydrogen (secondary N) is 1. The van der Waals surface area contributed by atoms with Crippen LogP contribution in [0.15, 0.2) is 30.5 Å². The van der Waals surface area contributed by atoms with Crippen molar-refractivity contribution in [1.82, 2.24) is 9.88 Å². The van der Waals surface area contributed by atoms with E-state index in [1.165, 1.54) is 12.0 Å². The van der Waals surface area contributed by atoms with Crippen molar-refractivity contribution < 1.29 is 9.53 Å². The van der Waals surface area contributed by atoms with Gasteiger partial charge in [0.15, 0.2) is 0 Å². The highest BCUT2D eigenvalue weighted by Gasteiger charge is 2.42. The van der Waals surface area contributed by atoms with Crippen LogP contribution in [0.2, 0.25) is 0 Å². The van der Waals surface area contributed by atoms with Gasteiger partial charge in [0.25, 0.3) is 5.91 Å². The van der Waals surface area contributed by atoms with E-state index in [9.17, 15) is 4.79 Å². The normalized spacial score (nSPS) is 22.6. The zero-order valence-electron chi connectivity index (χ0n) is 15.6. The number of hydrogen-bond donors (Lipinski definition) is 1. The Labute approximate surface area is 164 Å². The van der Waals surface area contributed by atoms with Gasteiger partial charge in [-0.1, -0.05) is 6.07 Å². The van der Waals surface area contributed by atoms with Crippen molar-refractivity contribution in [2.45, 2.75) is 31.1 Å². The molecule has 2 bridgehead atoms. The zero-order valence-corrected chi connectivity index (χ0v) is 15.6. The Bertz CT molecular complexity index is 975. The van der Waals surface area contributed by atoms with E-state index in [1.807, 2.05) is 23.1 Å². The standard InChI is InChI=1S/C22H22N4O2/c23-12-14-2-1-3-17(10-14)25-18-13-24-21(22(27)26-6-8-28-9-7-26)20-16-5-4-15(11-16)19(18)20/h1-3,10,13,15-16,25H,4-9,11H2. The number of rotatable bonds is 3. The van der Waals surface area contributed by atoms with Crippen molar-refractivity contribution in [2.75, 3.05) is 31.6 Å². The first-order valence-corrected chi connectivity index (χ1v) is 9.91. The summed E-state index contributed by atoms with van der Waals surface area (Å²) < 4.78 is 5.38. The average molecular weight is 374 g/mol. The number of fused-ring (bicyclic) bond motifs is 5. The lowest BCUT2D eigenvalue weighted by molar-refractivity contribution is 0.0298. The molecule has 6 heteroatoms. The summed E-state index contributed by atoms with van der Waals surface area (Å²) in [5.74, 6) is 0.950. The van der Waals surface area contributed by atoms with Gasteiger partial charge in [0.05, 0.1) is 36.7 Å². The van der Waals surface area contributed by atoms with E-state index in [-0.39, 0.29) is 5.91 Å². The lowest BCUT2D eigenvalue weighted by Gasteiger charge is -2.29. The fourth-order valence-corrected chi connectivity index (χ4v) is 4.91. The molecule has 1 aromatic carbocycles. The first kappa shape index (κ1) is 17.2. The van der Waals surface area contributed by atoms with Gasteiger partial charge in [-0.05, 0) is 60.4 Å². The lowest BCUT2D eigenvalue weighted by Crippen LogP contribution is -2.41. The van der Waals surface area contributed by atoms with Crippen molar-refractivity contribution >= 4 is 17.3 Å². The quantitative estimate of drug-likeness (QED) is 0.889. The number of carbonyl (C=O) groups is 1. The highest BCUT2D eigenvalue weighted by molar-refractivity contribution is 5.95. The summed E-state index contributed by atoms with van der Waals surface area (Å²) in [6.45, 7) is 2.44. The van der Waals surface area contributed by atoms with Gasteiger partial charge in [-0.15, -0.1) is 0 Å². The Morgan fingerprint density at radius 1 is 1.21 bits per heavy atom. The van der Waals surface area contributed by atoms with Gasteiger partial charge < -0.3 is 15.0 Å². The van der Waals surface area contributed by atoms with Gasteiger partial charge in [-0.3, -0.25) is 4.79 Å². The second-order valence-corrected chi connectivity index (χ2v) is 7.78. The number of pyridine rings is 1. The minimum atomic E-state index is 0.0325. The number of anilines is 2. The second kappa shape index (κ2) is 6.92. The van der Waals surface area contributed by atoms with Crippen molar-refractivity contribution in [1.29, 1.82) is 5.26 Å². The van der Waals surface area contributed by atoms with Crippen LogP contribution < -0.4 is 5.32 Å². The molecule has 6 nitrogen and oxygen atoms in total. The Balaban J connectivity index is 1.52. The molecule has 0 spiro atoms. The zero-order chi connectivity index (χ0) is 19.1. The van der Waals surface area contributed by atoms with Crippen LogP contribution in [0.5, 0.6) is 0 Å². The predicted octanol–water partition coefficient (Wildman–Crippen LogP) is 3.53. The van der Waals surface area contributed by atoms with E-state index >= 15 is 0 Å². The molecular weight excluding hydrogens is 352 g/mol. The summed E-state index contributed by atoms with van der Waals surface area (Å²) in [6.07, 6.45) is 5.21. The van der Waals surface area contributed by atoms with Crippen LogP contribution in [-0.4, -0.2) is 42.1 Å². The number of nitrogens with zero attached hydrogens (tertiary/aromatic N) is 3. The number of benzene rings is 1. The number of ether oxygens (including phenoxy) is 1. The predicted molar refractivity (Wildman–Crippen MR) is 105 cm³/mol. The number of aromatic nitrogens is 1. The topological polar surface area (TPSA) is 78.2 Å². The Morgan fingerprint density at radius 2 is 2.00 bits per heavy atom. The largest absolute Gasteiger partial charge is 0.378 e. The summed E-state index contributed by atoms with van der Waals surface area (Å²) in [4.78, 5) is 19.6. The summed E-state index contributed by atoms with van der Waals surface area (Å²) in [5.41, 5.74) is 5.49. The van der Waals surface area contributed by atoms with Crippen molar-refractivity contribution in [2.24, 2.45) is 0 Å². The molecule has 2 aromatic rings. The maximum Gasteiger partial charge on any atom is 0.272 e. The molecule has 1 N–H and O–H groups in total. The fourth-order valence-electron chi connectivity index (χ4n) is 4.91. The number of carbonyl (C=O) groups excluding carboxylic acids is 1. The summed E-state index contributed by atoms with van der Waals surface area (Å²) >= 11 is 0. The Hall–Kier alpha value is -2.91. The third kappa shape index (κ3) is 2.83. The molecule has 1 saturated heterocycles.